The highest BCUT2D eigenvalue weighted by molar-refractivity contribution is 7.92. The number of nitrogens with zero attached hydrogens (tertiary/aromatic N) is 1. The van der Waals surface area contributed by atoms with Gasteiger partial charge in [-0.15, -0.1) is 0 Å². The van der Waals surface area contributed by atoms with Gasteiger partial charge in [-0.25, -0.2) is 22.0 Å². The summed E-state index contributed by atoms with van der Waals surface area (Å²) in [6.45, 7) is 0.241. The maximum Gasteiger partial charge on any atom is 0.337 e. The van der Waals surface area contributed by atoms with E-state index in [1.165, 1.54) is 13.2 Å². The van der Waals surface area contributed by atoms with Crippen molar-refractivity contribution in [3.05, 3.63) is 76.8 Å². The second-order valence-corrected chi connectivity index (χ2v) is 10.3. The SMILES string of the molecule is COC(=O)c1cc(Cl)c(OC)c(S(=O)(=O)Nc2cc(-c3cc4ccccc4n3CCCO)c(F)cc2F)c1. The molecule has 0 atom stereocenters. The molecule has 8 nitrogen and oxygen atoms in total. The Balaban J connectivity index is 1.84. The summed E-state index contributed by atoms with van der Waals surface area (Å²) in [5.74, 6) is -3.20. The molecule has 0 saturated heterocycles. The maximum atomic E-state index is 15.1. The number of fused-ring (bicyclic) bond motifs is 1. The van der Waals surface area contributed by atoms with Crippen LogP contribution in [0.25, 0.3) is 22.2 Å². The molecule has 0 aliphatic rings. The number of ether oxygens (including phenoxy) is 2. The van der Waals surface area contributed by atoms with Crippen molar-refractivity contribution in [2.75, 3.05) is 25.5 Å². The average Bonchev–Trinajstić information content (AvgIpc) is 3.26. The highest BCUT2D eigenvalue weighted by Gasteiger charge is 2.27. The van der Waals surface area contributed by atoms with Gasteiger partial charge in [0.2, 0.25) is 0 Å². The second kappa shape index (κ2) is 11.0. The van der Waals surface area contributed by atoms with Crippen molar-refractivity contribution >= 4 is 44.2 Å². The number of hydrogen-bond acceptors (Lipinski definition) is 6. The van der Waals surface area contributed by atoms with Crippen LogP contribution in [0.3, 0.4) is 0 Å². The number of aryl methyl sites for hydroxylation is 1. The van der Waals surface area contributed by atoms with Crippen LogP contribution in [0, 0.1) is 11.6 Å². The molecule has 0 fully saturated rings. The van der Waals surface area contributed by atoms with E-state index in [0.717, 1.165) is 30.1 Å². The molecule has 3 aromatic carbocycles. The standard InChI is InChI=1S/C26H23ClF2N2O6S/c1-36-25-18(27)10-16(26(33)37-2)12-24(25)38(34,35)30-21-13-17(19(28)14-20(21)29)23-11-15-6-3-4-7-22(15)31(23)8-5-9-32/h3-4,6-7,10-14,30,32H,5,8-9H2,1-2H3. The smallest absolute Gasteiger partial charge is 0.337 e. The molecule has 0 aliphatic carbocycles. The van der Waals surface area contributed by atoms with Gasteiger partial charge in [-0.2, -0.15) is 0 Å². The zero-order chi connectivity index (χ0) is 27.6. The molecule has 38 heavy (non-hydrogen) atoms. The van der Waals surface area contributed by atoms with E-state index in [4.69, 9.17) is 16.3 Å². The van der Waals surface area contributed by atoms with Gasteiger partial charge in [0.05, 0.1) is 36.2 Å². The molecule has 0 amide bonds. The number of aliphatic hydroxyl groups is 1. The van der Waals surface area contributed by atoms with Gasteiger partial charge in [-0.3, -0.25) is 4.72 Å². The number of hydrogen-bond donors (Lipinski definition) is 2. The Labute approximate surface area is 222 Å². The Morgan fingerprint density at radius 3 is 2.50 bits per heavy atom. The van der Waals surface area contributed by atoms with Crippen molar-refractivity contribution in [2.45, 2.75) is 17.9 Å². The largest absolute Gasteiger partial charge is 0.494 e. The van der Waals surface area contributed by atoms with E-state index in [2.05, 4.69) is 9.46 Å². The number of carbonyl (C=O) groups excluding carboxylic acids is 1. The van der Waals surface area contributed by atoms with E-state index in [0.29, 0.717) is 24.7 Å². The summed E-state index contributed by atoms with van der Waals surface area (Å²) in [5, 5.41) is 9.93. The van der Waals surface area contributed by atoms with Crippen molar-refractivity contribution in [3.63, 3.8) is 0 Å². The molecule has 200 valence electrons. The third-order valence-corrected chi connectivity index (χ3v) is 7.50. The summed E-state index contributed by atoms with van der Waals surface area (Å²) in [5.41, 5.74) is 0.354. The minimum atomic E-state index is -4.60. The zero-order valence-electron chi connectivity index (χ0n) is 20.3. The predicted octanol–water partition coefficient (Wildman–Crippen LogP) is 5.22. The van der Waals surface area contributed by atoms with Crippen LogP contribution in [-0.2, 0) is 21.3 Å². The molecular weight excluding hydrogens is 542 g/mol. The van der Waals surface area contributed by atoms with Crippen molar-refractivity contribution in [2.24, 2.45) is 0 Å². The third-order valence-electron chi connectivity index (χ3n) is 5.85. The number of esters is 1. The van der Waals surface area contributed by atoms with E-state index >= 15 is 4.39 Å². The van der Waals surface area contributed by atoms with Crippen molar-refractivity contribution in [1.82, 2.24) is 4.57 Å². The van der Waals surface area contributed by atoms with E-state index in [1.807, 2.05) is 24.3 Å². The van der Waals surface area contributed by atoms with Crippen molar-refractivity contribution < 1.29 is 36.6 Å². The summed E-state index contributed by atoms with van der Waals surface area (Å²) < 4.78 is 70.3. The Hall–Kier alpha value is -3.67. The van der Waals surface area contributed by atoms with Crippen LogP contribution in [0.5, 0.6) is 5.75 Å². The second-order valence-electron chi connectivity index (χ2n) is 8.22. The summed E-state index contributed by atoms with van der Waals surface area (Å²) in [7, 11) is -2.30. The quantitative estimate of drug-likeness (QED) is 0.270. The third kappa shape index (κ3) is 5.17. The summed E-state index contributed by atoms with van der Waals surface area (Å²) in [6.07, 6.45) is 0.380. The normalized spacial score (nSPS) is 11.5. The molecule has 4 aromatic rings. The lowest BCUT2D eigenvalue weighted by Gasteiger charge is -2.16. The first-order valence-electron chi connectivity index (χ1n) is 11.3. The fraction of sp³-hybridized carbons (Fsp3) is 0.192. The number of sulfonamides is 1. The van der Waals surface area contributed by atoms with Crippen LogP contribution >= 0.6 is 11.6 Å². The van der Waals surface area contributed by atoms with Crippen molar-refractivity contribution in [3.8, 4) is 17.0 Å². The molecule has 0 saturated carbocycles. The van der Waals surface area contributed by atoms with Gasteiger partial charge in [-0.05, 0) is 36.8 Å². The molecule has 0 spiro atoms. The van der Waals surface area contributed by atoms with Gasteiger partial charge in [0, 0.05) is 35.7 Å². The van der Waals surface area contributed by atoms with Gasteiger partial charge < -0.3 is 19.1 Å². The van der Waals surface area contributed by atoms with Crippen molar-refractivity contribution in [1.29, 1.82) is 0 Å². The van der Waals surface area contributed by atoms with Gasteiger partial charge in [0.1, 0.15) is 16.5 Å². The topological polar surface area (TPSA) is 107 Å². The monoisotopic (exact) mass is 564 g/mol. The molecule has 0 unspecified atom stereocenters. The number of anilines is 1. The number of aromatic nitrogens is 1. The molecule has 0 aliphatic heterocycles. The van der Waals surface area contributed by atoms with Crippen LogP contribution in [0.4, 0.5) is 14.5 Å². The molecule has 1 aromatic heterocycles. The molecule has 4 rings (SSSR count). The lowest BCUT2D eigenvalue weighted by atomic mass is 10.1. The fourth-order valence-electron chi connectivity index (χ4n) is 4.13. The molecule has 0 bridgehead atoms. The molecule has 1 heterocycles. The maximum absolute atomic E-state index is 15.1. The van der Waals surface area contributed by atoms with E-state index in [9.17, 15) is 22.7 Å². The lowest BCUT2D eigenvalue weighted by Crippen LogP contribution is -2.17. The minimum absolute atomic E-state index is 0.0634. The van der Waals surface area contributed by atoms with Crippen LogP contribution in [0.1, 0.15) is 16.8 Å². The Kier molecular flexibility index (Phi) is 7.91. The minimum Gasteiger partial charge on any atom is -0.494 e. The van der Waals surface area contributed by atoms with Gasteiger partial charge in [0.25, 0.3) is 10.0 Å². The average molecular weight is 565 g/mol. The van der Waals surface area contributed by atoms with Crippen LogP contribution in [0.15, 0.2) is 59.5 Å². The molecule has 0 radical (unpaired) electrons. The van der Waals surface area contributed by atoms with Gasteiger partial charge in [0.15, 0.2) is 5.75 Å². The Morgan fingerprint density at radius 2 is 1.82 bits per heavy atom. The number of rotatable bonds is 9. The summed E-state index contributed by atoms with van der Waals surface area (Å²) in [6, 6.07) is 12.7. The number of benzene rings is 3. The van der Waals surface area contributed by atoms with Crippen LogP contribution < -0.4 is 9.46 Å². The first kappa shape index (κ1) is 27.4. The highest BCUT2D eigenvalue weighted by atomic mass is 35.5. The number of aliphatic hydroxyl groups excluding tert-OH is 1. The van der Waals surface area contributed by atoms with E-state index in [-0.39, 0.29) is 28.5 Å². The Bertz CT molecular complexity index is 1640. The van der Waals surface area contributed by atoms with Crippen LogP contribution in [-0.4, -0.2) is 44.9 Å². The lowest BCUT2D eigenvalue weighted by molar-refractivity contribution is 0.0600. The number of halogens is 3. The number of carbonyl (C=O) groups is 1. The summed E-state index contributed by atoms with van der Waals surface area (Å²) in [4.78, 5) is 11.5. The van der Waals surface area contributed by atoms with E-state index in [1.54, 1.807) is 10.6 Å². The number of nitrogens with one attached hydrogen (secondary N) is 1. The zero-order valence-corrected chi connectivity index (χ0v) is 21.9. The molecule has 12 heteroatoms. The molecular formula is C26H23ClF2N2O6S. The Morgan fingerprint density at radius 1 is 1.08 bits per heavy atom. The predicted molar refractivity (Wildman–Crippen MR) is 139 cm³/mol. The van der Waals surface area contributed by atoms with Gasteiger partial charge >= 0.3 is 5.97 Å². The number of methoxy groups -OCH3 is 2. The van der Waals surface area contributed by atoms with Crippen LogP contribution in [0.2, 0.25) is 5.02 Å². The first-order chi connectivity index (χ1) is 18.1. The van der Waals surface area contributed by atoms with Gasteiger partial charge in [-0.1, -0.05) is 29.8 Å². The number of para-hydroxylation sites is 1. The van der Waals surface area contributed by atoms with E-state index < -0.39 is 38.2 Å². The first-order valence-corrected chi connectivity index (χ1v) is 13.1. The summed E-state index contributed by atoms with van der Waals surface area (Å²) >= 11 is 6.13. The molecule has 2 N–H and O–H groups in total. The highest BCUT2D eigenvalue weighted by Crippen LogP contribution is 2.37. The fourth-order valence-corrected chi connectivity index (χ4v) is 5.76.